The van der Waals surface area contributed by atoms with Crippen LogP contribution in [0.3, 0.4) is 0 Å². The average Bonchev–Trinajstić information content (AvgIpc) is 2.92. The van der Waals surface area contributed by atoms with Gasteiger partial charge in [0, 0.05) is 28.3 Å². The fourth-order valence-electron chi connectivity index (χ4n) is 3.74. The van der Waals surface area contributed by atoms with Gasteiger partial charge in [-0.3, -0.25) is 19.7 Å². The lowest BCUT2D eigenvalue weighted by Gasteiger charge is -2.27. The monoisotopic (exact) mass is 391 g/mol. The lowest BCUT2D eigenvalue weighted by molar-refractivity contribution is -0.384. The van der Waals surface area contributed by atoms with Gasteiger partial charge in [0.2, 0.25) is 0 Å². The smallest absolute Gasteiger partial charge is 0.269 e. The molecule has 0 atom stereocenters. The summed E-state index contributed by atoms with van der Waals surface area (Å²) in [5.74, 6) is -0.539. The van der Waals surface area contributed by atoms with Crippen molar-refractivity contribution in [1.82, 2.24) is 0 Å². The first-order chi connectivity index (χ1) is 13.4. The van der Waals surface area contributed by atoms with Gasteiger partial charge in [0.1, 0.15) is 5.41 Å². The largest absolute Gasteiger partial charge is 0.293 e. The number of Topliss-reactive ketones (excluding diaryl/α,β-unsaturated/α-hetero) is 2. The molecule has 3 aromatic rings. The van der Waals surface area contributed by atoms with E-state index in [9.17, 15) is 19.7 Å². The maximum absolute atomic E-state index is 13.4. The number of hydrogen-bond donors (Lipinski definition) is 0. The van der Waals surface area contributed by atoms with E-state index in [1.807, 2.05) is 0 Å². The van der Waals surface area contributed by atoms with Crippen LogP contribution >= 0.6 is 11.6 Å². The van der Waals surface area contributed by atoms with E-state index in [2.05, 4.69) is 0 Å². The quantitative estimate of drug-likeness (QED) is 0.363. The van der Waals surface area contributed by atoms with Crippen molar-refractivity contribution in [2.45, 2.75) is 11.8 Å². The van der Waals surface area contributed by atoms with Crippen LogP contribution in [0.2, 0.25) is 5.02 Å². The summed E-state index contributed by atoms with van der Waals surface area (Å²) in [6, 6.07) is 19.4. The lowest BCUT2D eigenvalue weighted by Crippen LogP contribution is -2.40. The molecule has 1 aliphatic carbocycles. The van der Waals surface area contributed by atoms with Crippen LogP contribution in [0, 0.1) is 10.1 Å². The zero-order valence-electron chi connectivity index (χ0n) is 14.6. The minimum atomic E-state index is -1.41. The Morgan fingerprint density at radius 2 is 1.36 bits per heavy atom. The minimum Gasteiger partial charge on any atom is -0.293 e. The normalized spacial score (nSPS) is 14.8. The number of ketones is 2. The number of nitro groups is 1. The van der Waals surface area contributed by atoms with Crippen LogP contribution in [-0.2, 0) is 11.8 Å². The van der Waals surface area contributed by atoms with Crippen molar-refractivity contribution in [3.63, 3.8) is 0 Å². The van der Waals surface area contributed by atoms with Gasteiger partial charge >= 0.3 is 0 Å². The van der Waals surface area contributed by atoms with Crippen molar-refractivity contribution in [2.75, 3.05) is 0 Å². The number of hydrogen-bond acceptors (Lipinski definition) is 4. The van der Waals surface area contributed by atoms with Gasteiger partial charge in [-0.15, -0.1) is 0 Å². The summed E-state index contributed by atoms with van der Waals surface area (Å²) in [7, 11) is 0. The first kappa shape index (κ1) is 18.1. The SMILES string of the molecule is O=C1c2ccccc2C(=O)C1(Cc1ccc([N+](=O)[O-])cc1)c1ccc(Cl)cc1. The van der Waals surface area contributed by atoms with Crippen molar-refractivity contribution >= 4 is 28.9 Å². The number of rotatable bonds is 4. The van der Waals surface area contributed by atoms with Crippen LogP contribution in [0.5, 0.6) is 0 Å². The number of non-ortho nitro benzene ring substituents is 1. The molecule has 0 radical (unpaired) electrons. The molecular formula is C22H14ClNO4. The van der Waals surface area contributed by atoms with Crippen LogP contribution < -0.4 is 0 Å². The highest BCUT2D eigenvalue weighted by atomic mass is 35.5. The summed E-state index contributed by atoms with van der Waals surface area (Å²) >= 11 is 6.00. The third kappa shape index (κ3) is 2.72. The summed E-state index contributed by atoms with van der Waals surface area (Å²) in [4.78, 5) is 37.3. The van der Waals surface area contributed by atoms with E-state index in [-0.39, 0.29) is 23.7 Å². The van der Waals surface area contributed by atoms with Crippen LogP contribution in [0.1, 0.15) is 31.8 Å². The van der Waals surface area contributed by atoms with E-state index >= 15 is 0 Å². The Hall–Kier alpha value is -3.31. The van der Waals surface area contributed by atoms with Gasteiger partial charge < -0.3 is 0 Å². The Kier molecular flexibility index (Phi) is 4.32. The molecule has 0 unspecified atom stereocenters. The van der Waals surface area contributed by atoms with Crippen molar-refractivity contribution < 1.29 is 14.5 Å². The fraction of sp³-hybridized carbons (Fsp3) is 0.0909. The molecule has 6 heteroatoms. The molecule has 0 fully saturated rings. The minimum absolute atomic E-state index is 0.0448. The molecule has 0 saturated heterocycles. The Balaban J connectivity index is 1.86. The Morgan fingerprint density at radius 3 is 1.86 bits per heavy atom. The van der Waals surface area contributed by atoms with E-state index in [0.29, 0.717) is 27.3 Å². The zero-order valence-corrected chi connectivity index (χ0v) is 15.3. The third-order valence-corrected chi connectivity index (χ3v) is 5.40. The number of benzene rings is 3. The standard InChI is InChI=1S/C22H14ClNO4/c23-16-9-7-15(8-10-16)22(13-14-5-11-17(12-6-14)24(27)28)20(25)18-3-1-2-4-19(18)21(22)26/h1-12H,13H2. The van der Waals surface area contributed by atoms with Crippen molar-refractivity contribution in [2.24, 2.45) is 0 Å². The lowest BCUT2D eigenvalue weighted by atomic mass is 9.71. The predicted octanol–water partition coefficient (Wildman–Crippen LogP) is 4.81. The van der Waals surface area contributed by atoms with Gasteiger partial charge in [-0.2, -0.15) is 0 Å². The molecule has 0 spiro atoms. The van der Waals surface area contributed by atoms with E-state index < -0.39 is 10.3 Å². The molecule has 0 N–H and O–H groups in total. The molecule has 0 heterocycles. The van der Waals surface area contributed by atoms with Crippen molar-refractivity contribution in [3.8, 4) is 0 Å². The molecule has 5 nitrogen and oxygen atoms in total. The molecule has 0 aromatic heterocycles. The number of carbonyl (C=O) groups excluding carboxylic acids is 2. The number of halogens is 1. The Bertz CT molecular complexity index is 1070. The first-order valence-corrected chi connectivity index (χ1v) is 8.99. The van der Waals surface area contributed by atoms with Crippen molar-refractivity contribution in [1.29, 1.82) is 0 Å². The summed E-state index contributed by atoms with van der Waals surface area (Å²) in [6.07, 6.45) is 0.110. The number of carbonyl (C=O) groups is 2. The highest BCUT2D eigenvalue weighted by Crippen LogP contribution is 2.42. The molecule has 4 rings (SSSR count). The Morgan fingerprint density at radius 1 is 0.821 bits per heavy atom. The van der Waals surface area contributed by atoms with E-state index in [1.165, 1.54) is 12.1 Å². The van der Waals surface area contributed by atoms with Crippen LogP contribution in [0.4, 0.5) is 5.69 Å². The third-order valence-electron chi connectivity index (χ3n) is 5.15. The summed E-state index contributed by atoms with van der Waals surface area (Å²) in [6.45, 7) is 0. The highest BCUT2D eigenvalue weighted by Gasteiger charge is 2.53. The molecule has 1 aliphatic rings. The second kappa shape index (κ2) is 6.69. The van der Waals surface area contributed by atoms with E-state index in [4.69, 9.17) is 11.6 Å². The topological polar surface area (TPSA) is 77.3 Å². The molecule has 3 aromatic carbocycles. The second-order valence-electron chi connectivity index (χ2n) is 6.72. The van der Waals surface area contributed by atoms with Crippen LogP contribution in [0.15, 0.2) is 72.8 Å². The molecule has 138 valence electrons. The van der Waals surface area contributed by atoms with Gasteiger partial charge in [-0.25, -0.2) is 0 Å². The summed E-state index contributed by atoms with van der Waals surface area (Å²) in [5, 5.41) is 11.4. The van der Waals surface area contributed by atoms with Crippen LogP contribution in [0.25, 0.3) is 0 Å². The van der Waals surface area contributed by atoms with Gasteiger partial charge in [0.25, 0.3) is 5.69 Å². The van der Waals surface area contributed by atoms with Gasteiger partial charge in [0.05, 0.1) is 4.92 Å². The van der Waals surface area contributed by atoms with Crippen molar-refractivity contribution in [3.05, 3.63) is 110 Å². The first-order valence-electron chi connectivity index (χ1n) is 8.61. The predicted molar refractivity (Wildman–Crippen MR) is 105 cm³/mol. The van der Waals surface area contributed by atoms with E-state index in [0.717, 1.165) is 0 Å². The molecule has 0 aliphatic heterocycles. The van der Waals surface area contributed by atoms with Gasteiger partial charge in [-0.1, -0.05) is 60.1 Å². The van der Waals surface area contributed by atoms with E-state index in [1.54, 1.807) is 60.7 Å². The molecule has 28 heavy (non-hydrogen) atoms. The maximum atomic E-state index is 13.4. The summed E-state index contributed by atoms with van der Waals surface area (Å²) < 4.78 is 0. The highest BCUT2D eigenvalue weighted by molar-refractivity contribution is 6.33. The molecule has 0 saturated carbocycles. The van der Waals surface area contributed by atoms with Gasteiger partial charge in [-0.05, 0) is 29.7 Å². The average molecular weight is 392 g/mol. The maximum Gasteiger partial charge on any atom is 0.269 e. The zero-order chi connectivity index (χ0) is 19.9. The Labute approximate surface area is 165 Å². The molecular weight excluding hydrogens is 378 g/mol. The number of nitro benzene ring substituents is 1. The fourth-order valence-corrected chi connectivity index (χ4v) is 3.87. The molecule has 0 bridgehead atoms. The summed E-state index contributed by atoms with van der Waals surface area (Å²) in [5.41, 5.74) is 0.548. The number of fused-ring (bicyclic) bond motifs is 1. The molecule has 0 amide bonds. The van der Waals surface area contributed by atoms with Gasteiger partial charge in [0.15, 0.2) is 11.6 Å². The second-order valence-corrected chi connectivity index (χ2v) is 7.15. The van der Waals surface area contributed by atoms with Crippen LogP contribution in [-0.4, -0.2) is 16.5 Å². The number of nitrogens with zero attached hydrogens (tertiary/aromatic N) is 1.